The van der Waals surface area contributed by atoms with E-state index in [2.05, 4.69) is 4.52 Å². The summed E-state index contributed by atoms with van der Waals surface area (Å²) < 4.78 is 32.3. The Bertz CT molecular complexity index is 671. The number of nitrogens with one attached hydrogen (secondary N) is 1. The third-order valence-electron chi connectivity index (χ3n) is 2.82. The lowest BCUT2D eigenvalue weighted by Crippen LogP contribution is -2.33. The normalized spacial score (nSPS) is 27.5. The molecule has 1 aromatic heterocycles. The zero-order valence-corrected chi connectivity index (χ0v) is 12.3. The van der Waals surface area contributed by atoms with Crippen LogP contribution in [0.4, 0.5) is 0 Å². The molecule has 2 heterocycles. The van der Waals surface area contributed by atoms with Gasteiger partial charge < -0.3 is 19.6 Å². The highest BCUT2D eigenvalue weighted by Gasteiger charge is 2.41. The second-order valence-electron chi connectivity index (χ2n) is 4.34. The van der Waals surface area contributed by atoms with Crippen molar-refractivity contribution in [3.63, 3.8) is 0 Å². The van der Waals surface area contributed by atoms with E-state index < -0.39 is 44.2 Å². The van der Waals surface area contributed by atoms with Gasteiger partial charge in [-0.3, -0.25) is 14.3 Å². The van der Waals surface area contributed by atoms with Gasteiger partial charge in [0.1, 0.15) is 6.10 Å². The van der Waals surface area contributed by atoms with E-state index in [1.807, 2.05) is 4.98 Å². The summed E-state index contributed by atoms with van der Waals surface area (Å²) in [5, 5.41) is 18.5. The van der Waals surface area contributed by atoms with Gasteiger partial charge in [0.2, 0.25) is 0 Å². The molecular formula is C10H15N2O9P. The van der Waals surface area contributed by atoms with Crippen LogP contribution in [0.1, 0.15) is 6.42 Å². The Labute approximate surface area is 123 Å². The molecule has 2 unspecified atom stereocenters. The molecule has 0 saturated carbocycles. The van der Waals surface area contributed by atoms with Gasteiger partial charge in [-0.05, 0) is 0 Å². The van der Waals surface area contributed by atoms with E-state index in [0.717, 1.165) is 19.4 Å². The number of aliphatic hydroxyl groups excluding tert-OH is 2. The molecular weight excluding hydrogens is 323 g/mol. The average Bonchev–Trinajstić information content (AvgIpc) is 2.81. The lowest BCUT2D eigenvalue weighted by atomic mass is 10.2. The van der Waals surface area contributed by atoms with E-state index in [1.54, 1.807) is 0 Å². The molecule has 11 nitrogen and oxygen atoms in total. The molecule has 0 radical (unpaired) electrons. The molecule has 0 amide bonds. The SMILES string of the molecule is COP(=O)(OC1C[C@H](O)[C@@H](CO)O1)On1ccc(=O)[nH]c1=O. The van der Waals surface area contributed by atoms with Crippen LogP contribution in [-0.2, 0) is 18.3 Å². The standard InChI is InChI=1S/C10H15N2O9P/c1-18-22(17,20-9-4-6(14)7(5-13)19-9)21-12-3-2-8(15)11-10(12)16/h2-3,6-7,9,13-14H,4-5H2,1H3,(H,11,15,16)/t6-,7+,9?,22?/m0/s1. The van der Waals surface area contributed by atoms with Crippen molar-refractivity contribution in [1.29, 1.82) is 0 Å². The highest BCUT2D eigenvalue weighted by Crippen LogP contribution is 2.48. The maximum Gasteiger partial charge on any atom is 0.551 e. The molecule has 1 aliphatic rings. The molecule has 1 saturated heterocycles. The number of phosphoric acid groups is 1. The van der Waals surface area contributed by atoms with Crippen molar-refractivity contribution in [3.05, 3.63) is 33.1 Å². The van der Waals surface area contributed by atoms with Crippen molar-refractivity contribution in [2.24, 2.45) is 0 Å². The van der Waals surface area contributed by atoms with E-state index in [0.29, 0.717) is 4.73 Å². The van der Waals surface area contributed by atoms with Crippen LogP contribution in [-0.4, -0.2) is 52.1 Å². The monoisotopic (exact) mass is 338 g/mol. The molecule has 22 heavy (non-hydrogen) atoms. The lowest BCUT2D eigenvalue weighted by Gasteiger charge is -2.19. The fourth-order valence-electron chi connectivity index (χ4n) is 1.74. The van der Waals surface area contributed by atoms with Crippen LogP contribution in [0.5, 0.6) is 0 Å². The summed E-state index contributed by atoms with van der Waals surface area (Å²) in [7, 11) is -3.23. The number of phosphoric ester groups is 1. The Kier molecular flexibility index (Phi) is 5.16. The van der Waals surface area contributed by atoms with Gasteiger partial charge in [0.05, 0.1) is 18.9 Å². The van der Waals surface area contributed by atoms with Gasteiger partial charge in [0.25, 0.3) is 5.56 Å². The third kappa shape index (κ3) is 3.83. The third-order valence-corrected chi connectivity index (χ3v) is 4.14. The molecule has 1 aliphatic heterocycles. The number of aromatic amines is 1. The van der Waals surface area contributed by atoms with Gasteiger partial charge in [-0.25, -0.2) is 13.9 Å². The number of rotatable bonds is 6. The van der Waals surface area contributed by atoms with Crippen LogP contribution < -0.4 is 15.9 Å². The Balaban J connectivity index is 2.11. The quantitative estimate of drug-likeness (QED) is 0.511. The lowest BCUT2D eigenvalue weighted by molar-refractivity contribution is -0.106. The Hall–Kier alpha value is -1.49. The van der Waals surface area contributed by atoms with Crippen molar-refractivity contribution in [3.8, 4) is 0 Å². The van der Waals surface area contributed by atoms with Crippen LogP contribution in [0.2, 0.25) is 0 Å². The van der Waals surface area contributed by atoms with Crippen LogP contribution in [0.25, 0.3) is 0 Å². The summed E-state index contributed by atoms with van der Waals surface area (Å²) in [4.78, 5) is 24.3. The summed E-state index contributed by atoms with van der Waals surface area (Å²) in [5.41, 5.74) is -1.64. The minimum atomic E-state index is -4.25. The smallest absolute Gasteiger partial charge is 0.394 e. The zero-order chi connectivity index (χ0) is 16.3. The number of hydrogen-bond acceptors (Lipinski definition) is 9. The minimum Gasteiger partial charge on any atom is -0.394 e. The van der Waals surface area contributed by atoms with Gasteiger partial charge in [0, 0.05) is 19.6 Å². The van der Waals surface area contributed by atoms with Crippen molar-refractivity contribution in [2.45, 2.75) is 24.9 Å². The molecule has 0 bridgehead atoms. The van der Waals surface area contributed by atoms with E-state index in [-0.39, 0.29) is 6.42 Å². The molecule has 1 fully saturated rings. The number of H-pyrrole nitrogens is 1. The fraction of sp³-hybridized carbons (Fsp3) is 0.600. The minimum absolute atomic E-state index is 0.0670. The number of nitrogens with zero attached hydrogens (tertiary/aromatic N) is 1. The first-order valence-corrected chi connectivity index (χ1v) is 7.63. The van der Waals surface area contributed by atoms with Gasteiger partial charge in [-0.15, -0.1) is 4.73 Å². The predicted octanol–water partition coefficient (Wildman–Crippen LogP) is -1.80. The van der Waals surface area contributed by atoms with Crippen molar-refractivity contribution < 1.29 is 33.2 Å². The van der Waals surface area contributed by atoms with E-state index in [9.17, 15) is 19.3 Å². The molecule has 4 atom stereocenters. The van der Waals surface area contributed by atoms with Crippen molar-refractivity contribution >= 4 is 7.82 Å². The summed E-state index contributed by atoms with van der Waals surface area (Å²) in [6, 6.07) is 0.971. The predicted molar refractivity (Wildman–Crippen MR) is 70.0 cm³/mol. The van der Waals surface area contributed by atoms with Crippen LogP contribution in [0.15, 0.2) is 21.9 Å². The molecule has 0 spiro atoms. The van der Waals surface area contributed by atoms with Crippen molar-refractivity contribution in [1.82, 2.24) is 9.71 Å². The topological polar surface area (TPSA) is 149 Å². The maximum absolute atomic E-state index is 12.3. The first-order valence-electron chi connectivity index (χ1n) is 6.17. The number of aliphatic hydroxyl groups is 2. The molecule has 124 valence electrons. The van der Waals surface area contributed by atoms with Crippen LogP contribution >= 0.6 is 7.82 Å². The Morgan fingerprint density at radius 1 is 1.55 bits per heavy atom. The maximum atomic E-state index is 12.3. The molecule has 3 N–H and O–H groups in total. The molecule has 12 heteroatoms. The highest BCUT2D eigenvalue weighted by molar-refractivity contribution is 7.48. The highest BCUT2D eigenvalue weighted by atomic mass is 31.2. The van der Waals surface area contributed by atoms with Crippen LogP contribution in [0.3, 0.4) is 0 Å². The summed E-state index contributed by atoms with van der Waals surface area (Å²) in [5.74, 6) is 0. The number of ether oxygens (including phenoxy) is 1. The van der Waals surface area contributed by atoms with Gasteiger partial charge >= 0.3 is 13.5 Å². The van der Waals surface area contributed by atoms with Gasteiger partial charge in [-0.2, -0.15) is 0 Å². The largest absolute Gasteiger partial charge is 0.551 e. The molecule has 0 aromatic carbocycles. The van der Waals surface area contributed by atoms with Crippen LogP contribution in [0, 0.1) is 0 Å². The second-order valence-corrected chi connectivity index (χ2v) is 5.98. The van der Waals surface area contributed by atoms with E-state index in [1.165, 1.54) is 0 Å². The number of aromatic nitrogens is 2. The first-order chi connectivity index (χ1) is 10.4. The summed E-state index contributed by atoms with van der Waals surface area (Å²) >= 11 is 0. The Morgan fingerprint density at radius 2 is 2.27 bits per heavy atom. The van der Waals surface area contributed by atoms with E-state index >= 15 is 0 Å². The van der Waals surface area contributed by atoms with E-state index in [4.69, 9.17) is 19.0 Å². The Morgan fingerprint density at radius 3 is 2.82 bits per heavy atom. The zero-order valence-electron chi connectivity index (χ0n) is 11.4. The average molecular weight is 338 g/mol. The summed E-state index contributed by atoms with van der Waals surface area (Å²) in [6.07, 6.45) is -2.17. The summed E-state index contributed by atoms with van der Waals surface area (Å²) in [6.45, 7) is -0.446. The van der Waals surface area contributed by atoms with Crippen molar-refractivity contribution in [2.75, 3.05) is 13.7 Å². The molecule has 0 aliphatic carbocycles. The molecule has 2 rings (SSSR count). The first kappa shape index (κ1) is 16.9. The van der Waals surface area contributed by atoms with Gasteiger partial charge in [0.15, 0.2) is 6.29 Å². The van der Waals surface area contributed by atoms with Gasteiger partial charge in [-0.1, -0.05) is 0 Å². The number of hydrogen-bond donors (Lipinski definition) is 3. The second kappa shape index (κ2) is 6.73. The fourth-order valence-corrected chi connectivity index (χ4v) is 2.70. The molecule has 1 aromatic rings.